The van der Waals surface area contributed by atoms with Gasteiger partial charge in [0.15, 0.2) is 0 Å². The Bertz CT molecular complexity index is 449. The summed E-state index contributed by atoms with van der Waals surface area (Å²) in [6, 6.07) is 2.73. The summed E-state index contributed by atoms with van der Waals surface area (Å²) in [5.74, 6) is 0.294. The lowest BCUT2D eigenvalue weighted by atomic mass is 10.1. The van der Waals surface area contributed by atoms with Crippen LogP contribution in [0.1, 0.15) is 22.3 Å². The smallest absolute Gasteiger partial charge is 0.398 e. The Morgan fingerprint density at radius 2 is 2.11 bits per heavy atom. The summed E-state index contributed by atoms with van der Waals surface area (Å²) in [5, 5.41) is 2.55. The Kier molecular flexibility index (Phi) is 5.53. The molecule has 106 valence electrons. The lowest BCUT2D eigenvalue weighted by Crippen LogP contribution is -2.26. The molecule has 1 amide bonds. The van der Waals surface area contributed by atoms with Crippen molar-refractivity contribution in [3.05, 3.63) is 29.3 Å². The number of rotatable bonds is 5. The summed E-state index contributed by atoms with van der Waals surface area (Å²) in [4.78, 5) is 11.7. The summed E-state index contributed by atoms with van der Waals surface area (Å²) in [7, 11) is 0. The number of nitrogen functional groups attached to an aromatic ring is 1. The molecule has 0 aliphatic heterocycles. The standard InChI is InChI=1S/C12H15F3N2OS/c1-19-6-2-5-17-11(18)9-7-8(12(13,14)15)3-4-10(9)16/h3-4,7H,2,5-6,16H2,1H3,(H,17,18). The van der Waals surface area contributed by atoms with E-state index in [4.69, 9.17) is 5.73 Å². The normalized spacial score (nSPS) is 11.4. The molecule has 1 aromatic rings. The highest BCUT2D eigenvalue weighted by Crippen LogP contribution is 2.31. The number of hydrogen-bond acceptors (Lipinski definition) is 3. The largest absolute Gasteiger partial charge is 0.416 e. The first-order valence-corrected chi connectivity index (χ1v) is 6.99. The van der Waals surface area contributed by atoms with E-state index in [2.05, 4.69) is 5.32 Å². The van der Waals surface area contributed by atoms with Gasteiger partial charge in [-0.1, -0.05) is 0 Å². The van der Waals surface area contributed by atoms with E-state index < -0.39 is 17.6 Å². The Balaban J connectivity index is 2.78. The molecule has 0 aromatic heterocycles. The number of thioether (sulfide) groups is 1. The van der Waals surface area contributed by atoms with Gasteiger partial charge < -0.3 is 11.1 Å². The molecular weight excluding hydrogens is 277 g/mol. The van der Waals surface area contributed by atoms with Crippen LogP contribution in [-0.4, -0.2) is 24.5 Å². The van der Waals surface area contributed by atoms with Crippen LogP contribution in [0, 0.1) is 0 Å². The van der Waals surface area contributed by atoms with E-state index in [0.717, 1.165) is 30.4 Å². The van der Waals surface area contributed by atoms with Crippen LogP contribution in [-0.2, 0) is 6.18 Å². The van der Waals surface area contributed by atoms with Gasteiger partial charge in [0.05, 0.1) is 11.1 Å². The number of alkyl halides is 3. The molecule has 0 aliphatic rings. The maximum Gasteiger partial charge on any atom is 0.416 e. The van der Waals surface area contributed by atoms with Gasteiger partial charge in [-0.05, 0) is 36.6 Å². The van der Waals surface area contributed by atoms with Crippen LogP contribution in [0.3, 0.4) is 0 Å². The van der Waals surface area contributed by atoms with Gasteiger partial charge in [-0.25, -0.2) is 0 Å². The second-order valence-electron chi connectivity index (χ2n) is 3.90. The zero-order valence-corrected chi connectivity index (χ0v) is 11.2. The van der Waals surface area contributed by atoms with Crippen molar-refractivity contribution in [2.24, 2.45) is 0 Å². The van der Waals surface area contributed by atoms with Gasteiger partial charge in [0.2, 0.25) is 0 Å². The van der Waals surface area contributed by atoms with Gasteiger partial charge in [-0.3, -0.25) is 4.79 Å². The summed E-state index contributed by atoms with van der Waals surface area (Å²) in [6.07, 6.45) is -1.79. The first kappa shape index (κ1) is 15.7. The molecule has 3 N–H and O–H groups in total. The minimum Gasteiger partial charge on any atom is -0.398 e. The van der Waals surface area contributed by atoms with Crippen molar-refractivity contribution >= 4 is 23.4 Å². The van der Waals surface area contributed by atoms with Crippen molar-refractivity contribution in [3.8, 4) is 0 Å². The predicted octanol–water partition coefficient (Wildman–Crippen LogP) is 2.77. The first-order valence-electron chi connectivity index (χ1n) is 5.60. The third kappa shape index (κ3) is 4.66. The average Bonchev–Trinajstić information content (AvgIpc) is 2.33. The molecule has 0 radical (unpaired) electrons. The van der Waals surface area contributed by atoms with Crippen molar-refractivity contribution in [2.45, 2.75) is 12.6 Å². The Morgan fingerprint density at radius 1 is 1.42 bits per heavy atom. The summed E-state index contributed by atoms with van der Waals surface area (Å²) in [6.45, 7) is 0.412. The highest BCUT2D eigenvalue weighted by Gasteiger charge is 2.31. The second kappa shape index (κ2) is 6.70. The van der Waals surface area contributed by atoms with Crippen LogP contribution in [0.2, 0.25) is 0 Å². The maximum atomic E-state index is 12.5. The number of hydrogen-bond donors (Lipinski definition) is 2. The average molecular weight is 292 g/mol. The molecule has 7 heteroatoms. The number of benzene rings is 1. The molecule has 0 spiro atoms. The highest BCUT2D eigenvalue weighted by atomic mass is 32.2. The molecule has 1 rings (SSSR count). The van der Waals surface area contributed by atoms with Gasteiger partial charge >= 0.3 is 6.18 Å². The first-order chi connectivity index (χ1) is 8.86. The Hall–Kier alpha value is -1.37. The number of carbonyl (C=O) groups is 1. The second-order valence-corrected chi connectivity index (χ2v) is 4.89. The minimum atomic E-state index is -4.48. The molecule has 0 unspecified atom stereocenters. The van der Waals surface area contributed by atoms with E-state index in [1.807, 2.05) is 6.26 Å². The summed E-state index contributed by atoms with van der Waals surface area (Å²) < 4.78 is 37.6. The molecule has 0 saturated carbocycles. The summed E-state index contributed by atoms with van der Waals surface area (Å²) >= 11 is 1.63. The summed E-state index contributed by atoms with van der Waals surface area (Å²) in [5.41, 5.74) is 4.55. The fourth-order valence-corrected chi connectivity index (χ4v) is 1.88. The molecule has 1 aromatic carbocycles. The van der Waals surface area contributed by atoms with E-state index in [1.54, 1.807) is 11.8 Å². The monoisotopic (exact) mass is 292 g/mol. The van der Waals surface area contributed by atoms with Gasteiger partial charge in [-0.15, -0.1) is 0 Å². The molecule has 0 aliphatic carbocycles. The van der Waals surface area contributed by atoms with Crippen molar-refractivity contribution in [3.63, 3.8) is 0 Å². The fourth-order valence-electron chi connectivity index (χ4n) is 1.44. The van der Waals surface area contributed by atoms with Crippen molar-refractivity contribution in [1.82, 2.24) is 5.32 Å². The predicted molar refractivity (Wildman–Crippen MR) is 71.2 cm³/mol. The van der Waals surface area contributed by atoms with Crippen molar-refractivity contribution in [1.29, 1.82) is 0 Å². The Morgan fingerprint density at radius 3 is 2.68 bits per heavy atom. The highest BCUT2D eigenvalue weighted by molar-refractivity contribution is 7.98. The number of carbonyl (C=O) groups excluding carboxylic acids is 1. The van der Waals surface area contributed by atoms with Crippen LogP contribution in [0.25, 0.3) is 0 Å². The molecule has 0 bridgehead atoms. The van der Waals surface area contributed by atoms with E-state index in [9.17, 15) is 18.0 Å². The number of amides is 1. The van der Waals surface area contributed by atoms with E-state index >= 15 is 0 Å². The molecule has 0 heterocycles. The molecule has 3 nitrogen and oxygen atoms in total. The number of nitrogens with one attached hydrogen (secondary N) is 1. The fraction of sp³-hybridized carbons (Fsp3) is 0.417. The van der Waals surface area contributed by atoms with Crippen molar-refractivity contribution in [2.75, 3.05) is 24.3 Å². The van der Waals surface area contributed by atoms with Crippen LogP contribution >= 0.6 is 11.8 Å². The topological polar surface area (TPSA) is 55.1 Å². The van der Waals surface area contributed by atoms with Crippen LogP contribution in [0.15, 0.2) is 18.2 Å². The zero-order chi connectivity index (χ0) is 14.5. The van der Waals surface area contributed by atoms with E-state index in [1.165, 1.54) is 0 Å². The number of halogens is 3. The lowest BCUT2D eigenvalue weighted by Gasteiger charge is -2.11. The van der Waals surface area contributed by atoms with Gasteiger partial charge in [0.25, 0.3) is 5.91 Å². The molecule has 0 fully saturated rings. The van der Waals surface area contributed by atoms with Crippen LogP contribution < -0.4 is 11.1 Å². The SMILES string of the molecule is CSCCCNC(=O)c1cc(C(F)(F)F)ccc1N. The third-order valence-corrected chi connectivity index (χ3v) is 3.13. The van der Waals surface area contributed by atoms with Gasteiger partial charge in [-0.2, -0.15) is 24.9 Å². The number of anilines is 1. The third-order valence-electron chi connectivity index (χ3n) is 2.44. The minimum absolute atomic E-state index is 0.0374. The lowest BCUT2D eigenvalue weighted by molar-refractivity contribution is -0.137. The van der Waals surface area contributed by atoms with Crippen LogP contribution in [0.4, 0.5) is 18.9 Å². The molecule has 0 atom stereocenters. The Labute approximate surface area is 113 Å². The van der Waals surface area contributed by atoms with Crippen molar-refractivity contribution < 1.29 is 18.0 Å². The quantitative estimate of drug-likeness (QED) is 0.648. The van der Waals surface area contributed by atoms with Gasteiger partial charge in [0.1, 0.15) is 0 Å². The molecular formula is C12H15F3N2OS. The van der Waals surface area contributed by atoms with Crippen LogP contribution in [0.5, 0.6) is 0 Å². The molecule has 0 saturated heterocycles. The number of nitrogens with two attached hydrogens (primary N) is 1. The molecule has 19 heavy (non-hydrogen) atoms. The zero-order valence-electron chi connectivity index (χ0n) is 10.4. The van der Waals surface area contributed by atoms with E-state index in [-0.39, 0.29) is 11.3 Å². The van der Waals surface area contributed by atoms with E-state index in [0.29, 0.717) is 6.54 Å². The maximum absolute atomic E-state index is 12.5. The van der Waals surface area contributed by atoms with Gasteiger partial charge in [0, 0.05) is 12.2 Å².